The van der Waals surface area contributed by atoms with E-state index in [0.717, 1.165) is 31.1 Å². The number of aromatic nitrogens is 2. The van der Waals surface area contributed by atoms with Crippen LogP contribution in [0.4, 0.5) is 11.8 Å². The van der Waals surface area contributed by atoms with E-state index in [2.05, 4.69) is 20.2 Å². The normalized spacial score (nSPS) is 14.5. The molecule has 140 valence electrons. The molecule has 1 N–H and O–H groups in total. The van der Waals surface area contributed by atoms with Crippen molar-refractivity contribution in [1.82, 2.24) is 14.9 Å². The monoisotopic (exact) mass is 359 g/mol. The Morgan fingerprint density at radius 2 is 2.12 bits per heavy atom. The van der Waals surface area contributed by atoms with Crippen molar-refractivity contribution in [2.45, 2.75) is 13.3 Å². The van der Waals surface area contributed by atoms with E-state index in [0.29, 0.717) is 37.9 Å². The molecule has 0 bridgehead atoms. The molecule has 0 aliphatic carbocycles. The Hall–Kier alpha value is -2.61. The van der Waals surface area contributed by atoms with Crippen molar-refractivity contribution in [2.75, 3.05) is 56.7 Å². The summed E-state index contributed by atoms with van der Waals surface area (Å²) in [6.45, 7) is 6.10. The van der Waals surface area contributed by atoms with Crippen molar-refractivity contribution in [1.29, 1.82) is 0 Å². The average molecular weight is 359 g/mol. The zero-order valence-electron chi connectivity index (χ0n) is 15.3. The summed E-state index contributed by atoms with van der Waals surface area (Å²) in [6.07, 6.45) is 2.44. The summed E-state index contributed by atoms with van der Waals surface area (Å²) >= 11 is 0. The van der Waals surface area contributed by atoms with Gasteiger partial charge in [-0.15, -0.1) is 0 Å². The fourth-order valence-electron chi connectivity index (χ4n) is 2.88. The summed E-state index contributed by atoms with van der Waals surface area (Å²) < 4.78 is 10.3. The van der Waals surface area contributed by atoms with E-state index in [1.807, 2.05) is 13.0 Å². The molecule has 3 heterocycles. The molecule has 1 fully saturated rings. The lowest BCUT2D eigenvalue weighted by atomic mass is 10.3. The third-order valence-corrected chi connectivity index (χ3v) is 4.26. The molecular formula is C18H25N5O3. The van der Waals surface area contributed by atoms with Crippen molar-refractivity contribution < 1.29 is 13.9 Å². The van der Waals surface area contributed by atoms with Gasteiger partial charge in [-0.25, -0.2) is 4.98 Å². The maximum Gasteiger partial charge on any atom is 0.289 e. The van der Waals surface area contributed by atoms with Gasteiger partial charge in [-0.1, -0.05) is 0 Å². The lowest BCUT2D eigenvalue weighted by Gasteiger charge is -2.34. The van der Waals surface area contributed by atoms with Crippen molar-refractivity contribution in [2.24, 2.45) is 0 Å². The second-order valence-electron chi connectivity index (χ2n) is 6.22. The fourth-order valence-corrected chi connectivity index (χ4v) is 2.88. The molecule has 2 aromatic rings. The first-order valence-corrected chi connectivity index (χ1v) is 8.83. The molecule has 2 aromatic heterocycles. The number of piperazine rings is 1. The van der Waals surface area contributed by atoms with E-state index in [9.17, 15) is 4.79 Å². The Morgan fingerprint density at radius 1 is 1.31 bits per heavy atom. The Morgan fingerprint density at radius 3 is 2.81 bits per heavy atom. The number of methoxy groups -OCH3 is 1. The van der Waals surface area contributed by atoms with E-state index in [-0.39, 0.29) is 5.91 Å². The van der Waals surface area contributed by atoms with Crippen LogP contribution in [-0.4, -0.2) is 67.2 Å². The molecule has 8 heteroatoms. The summed E-state index contributed by atoms with van der Waals surface area (Å²) in [7, 11) is 1.70. The quantitative estimate of drug-likeness (QED) is 0.755. The zero-order valence-corrected chi connectivity index (χ0v) is 15.3. The van der Waals surface area contributed by atoms with Gasteiger partial charge in [0.05, 0.1) is 6.26 Å². The largest absolute Gasteiger partial charge is 0.459 e. The molecule has 3 rings (SSSR count). The molecule has 26 heavy (non-hydrogen) atoms. The van der Waals surface area contributed by atoms with Crippen LogP contribution in [0.1, 0.15) is 22.7 Å². The third kappa shape index (κ3) is 4.51. The van der Waals surface area contributed by atoms with Crippen LogP contribution in [0, 0.1) is 6.92 Å². The summed E-state index contributed by atoms with van der Waals surface area (Å²) in [5, 5.41) is 3.31. The first-order chi connectivity index (χ1) is 12.7. The van der Waals surface area contributed by atoms with E-state index < -0.39 is 0 Å². The number of nitrogens with zero attached hydrogens (tertiary/aromatic N) is 4. The smallest absolute Gasteiger partial charge is 0.289 e. The number of hydrogen-bond acceptors (Lipinski definition) is 7. The topological polar surface area (TPSA) is 83.7 Å². The summed E-state index contributed by atoms with van der Waals surface area (Å²) in [6, 6.07) is 5.36. The standard InChI is InChI=1S/C18H25N5O3/c1-14-13-16(19-6-4-11-25-2)21-18(20-14)23-9-7-22(8-10-23)17(24)15-5-3-12-26-15/h3,5,12-13H,4,6-11H2,1-2H3,(H,19,20,21). The predicted octanol–water partition coefficient (Wildman–Crippen LogP) is 1.79. The molecular weight excluding hydrogens is 334 g/mol. The van der Waals surface area contributed by atoms with Crippen LogP contribution in [0.15, 0.2) is 28.9 Å². The van der Waals surface area contributed by atoms with E-state index >= 15 is 0 Å². The van der Waals surface area contributed by atoms with Crippen molar-refractivity contribution in [3.05, 3.63) is 35.9 Å². The third-order valence-electron chi connectivity index (χ3n) is 4.26. The summed E-state index contributed by atoms with van der Waals surface area (Å²) in [5.74, 6) is 1.83. The van der Waals surface area contributed by atoms with Gasteiger partial charge in [-0.05, 0) is 25.5 Å². The Labute approximate surface area is 153 Å². The second kappa shape index (κ2) is 8.66. The number of rotatable bonds is 7. The number of ether oxygens (including phenoxy) is 1. The Bertz CT molecular complexity index is 712. The van der Waals surface area contributed by atoms with Crippen molar-refractivity contribution in [3.8, 4) is 0 Å². The number of amides is 1. The zero-order chi connectivity index (χ0) is 18.4. The highest BCUT2D eigenvalue weighted by molar-refractivity contribution is 5.91. The highest BCUT2D eigenvalue weighted by Crippen LogP contribution is 2.17. The molecule has 1 amide bonds. The second-order valence-corrected chi connectivity index (χ2v) is 6.22. The molecule has 1 aliphatic rings. The molecule has 0 unspecified atom stereocenters. The minimum atomic E-state index is -0.0692. The Balaban J connectivity index is 1.58. The summed E-state index contributed by atoms with van der Waals surface area (Å²) in [5.41, 5.74) is 0.915. The fraction of sp³-hybridized carbons (Fsp3) is 0.500. The molecule has 0 aromatic carbocycles. The Kier molecular flexibility index (Phi) is 6.06. The van der Waals surface area contributed by atoms with Gasteiger partial charge in [0.1, 0.15) is 5.82 Å². The van der Waals surface area contributed by atoms with Gasteiger partial charge in [-0.2, -0.15) is 4.98 Å². The van der Waals surface area contributed by atoms with Crippen LogP contribution in [0.5, 0.6) is 0 Å². The minimum Gasteiger partial charge on any atom is -0.459 e. The molecule has 0 radical (unpaired) electrons. The molecule has 0 atom stereocenters. The van der Waals surface area contributed by atoms with E-state index in [1.165, 1.54) is 6.26 Å². The minimum absolute atomic E-state index is 0.0692. The van der Waals surface area contributed by atoms with Gasteiger partial charge in [0, 0.05) is 58.2 Å². The van der Waals surface area contributed by atoms with Gasteiger partial charge in [0.15, 0.2) is 5.76 Å². The van der Waals surface area contributed by atoms with Crippen molar-refractivity contribution in [3.63, 3.8) is 0 Å². The van der Waals surface area contributed by atoms with Crippen LogP contribution in [-0.2, 0) is 4.74 Å². The van der Waals surface area contributed by atoms with Crippen LogP contribution < -0.4 is 10.2 Å². The average Bonchev–Trinajstić information content (AvgIpc) is 3.19. The number of carbonyl (C=O) groups is 1. The molecule has 8 nitrogen and oxygen atoms in total. The molecule has 1 saturated heterocycles. The number of aryl methyl sites for hydroxylation is 1. The maximum absolute atomic E-state index is 12.3. The van der Waals surface area contributed by atoms with Gasteiger partial charge in [-0.3, -0.25) is 4.79 Å². The van der Waals surface area contributed by atoms with Crippen LogP contribution in [0.2, 0.25) is 0 Å². The number of hydrogen-bond donors (Lipinski definition) is 1. The number of carbonyl (C=O) groups excluding carboxylic acids is 1. The highest BCUT2D eigenvalue weighted by Gasteiger charge is 2.25. The van der Waals surface area contributed by atoms with E-state index in [4.69, 9.17) is 9.15 Å². The van der Waals surface area contributed by atoms with Crippen LogP contribution in [0.25, 0.3) is 0 Å². The maximum atomic E-state index is 12.3. The van der Waals surface area contributed by atoms with Crippen LogP contribution in [0.3, 0.4) is 0 Å². The number of anilines is 2. The first kappa shape index (κ1) is 18.2. The summed E-state index contributed by atoms with van der Waals surface area (Å²) in [4.78, 5) is 25.4. The van der Waals surface area contributed by atoms with Crippen molar-refractivity contribution >= 4 is 17.7 Å². The SMILES string of the molecule is COCCCNc1cc(C)nc(N2CCN(C(=O)c3ccco3)CC2)n1. The number of nitrogens with one attached hydrogen (secondary N) is 1. The van der Waals surface area contributed by atoms with Crippen LogP contribution >= 0.6 is 0 Å². The molecule has 0 spiro atoms. The van der Waals surface area contributed by atoms with Gasteiger partial charge in [0.2, 0.25) is 5.95 Å². The van der Waals surface area contributed by atoms with Gasteiger partial charge < -0.3 is 24.3 Å². The van der Waals surface area contributed by atoms with Gasteiger partial charge >= 0.3 is 0 Å². The number of furan rings is 1. The highest BCUT2D eigenvalue weighted by atomic mass is 16.5. The molecule has 0 saturated carbocycles. The van der Waals surface area contributed by atoms with Gasteiger partial charge in [0.25, 0.3) is 5.91 Å². The molecule has 1 aliphatic heterocycles. The lowest BCUT2D eigenvalue weighted by Crippen LogP contribution is -2.49. The van der Waals surface area contributed by atoms with E-state index in [1.54, 1.807) is 24.1 Å². The predicted molar refractivity (Wildman–Crippen MR) is 98.6 cm³/mol. The lowest BCUT2D eigenvalue weighted by molar-refractivity contribution is 0.0714. The first-order valence-electron chi connectivity index (χ1n) is 8.83.